The van der Waals surface area contributed by atoms with E-state index in [2.05, 4.69) is 33.8 Å². The molecule has 0 spiro atoms. The van der Waals surface area contributed by atoms with Crippen LogP contribution in [0.2, 0.25) is 0 Å². The second-order valence-corrected chi connectivity index (χ2v) is 8.74. The van der Waals surface area contributed by atoms with Gasteiger partial charge in [0.2, 0.25) is 0 Å². The zero-order valence-corrected chi connectivity index (χ0v) is 16.5. The minimum absolute atomic E-state index is 0.397. The molecule has 4 rings (SSSR count). The Morgan fingerprint density at radius 2 is 1.62 bits per heavy atom. The van der Waals surface area contributed by atoms with Crippen LogP contribution in [-0.2, 0) is 24.6 Å². The number of benzene rings is 1. The van der Waals surface area contributed by atoms with Gasteiger partial charge in [0, 0.05) is 11.0 Å². The number of hydrogen-bond donors (Lipinski definition) is 0. The molecule has 0 atom stereocenters. The molecule has 5 nitrogen and oxygen atoms in total. The van der Waals surface area contributed by atoms with Crippen LogP contribution in [0.15, 0.2) is 18.2 Å². The van der Waals surface area contributed by atoms with Crippen molar-refractivity contribution in [3.05, 3.63) is 23.8 Å². The maximum Gasteiger partial charge on any atom is 0.498 e. The average Bonchev–Trinajstić information content (AvgIpc) is 3.25. The van der Waals surface area contributed by atoms with Crippen LogP contribution in [-0.4, -0.2) is 38.1 Å². The molecule has 0 aromatic heterocycles. The lowest BCUT2D eigenvalue weighted by atomic mass is 9.77. The van der Waals surface area contributed by atoms with Crippen LogP contribution >= 0.6 is 0 Å². The number of ether oxygens (including phenoxy) is 3. The monoisotopic (exact) mass is 360 g/mol. The zero-order valence-electron chi connectivity index (χ0n) is 16.5. The van der Waals surface area contributed by atoms with Crippen LogP contribution in [0.1, 0.15) is 53.0 Å². The van der Waals surface area contributed by atoms with Crippen molar-refractivity contribution < 1.29 is 23.5 Å². The smallest absolute Gasteiger partial charge is 0.494 e. The first-order chi connectivity index (χ1) is 12.2. The van der Waals surface area contributed by atoms with Gasteiger partial charge in [0.15, 0.2) is 5.79 Å². The highest BCUT2D eigenvalue weighted by atomic mass is 16.7. The lowest BCUT2D eigenvalue weighted by Crippen LogP contribution is -2.41. The van der Waals surface area contributed by atoms with Crippen molar-refractivity contribution in [2.24, 2.45) is 5.92 Å². The van der Waals surface area contributed by atoms with Crippen molar-refractivity contribution >= 4 is 12.6 Å². The summed E-state index contributed by atoms with van der Waals surface area (Å²) in [5, 5.41) is 0. The summed E-state index contributed by atoms with van der Waals surface area (Å²) in [6, 6.07) is 6.06. The standard InChI is InChI=1S/C20H29BO5/c1-18(2)19(3,4)26-21(25-18)16-12-15(20(5)23-10-11-24-20)8-9-17(16)22-13-14-6-7-14/h8-9,12,14H,6-7,10-11,13H2,1-5H3. The van der Waals surface area contributed by atoms with Crippen molar-refractivity contribution in [2.75, 3.05) is 19.8 Å². The molecule has 0 radical (unpaired) electrons. The summed E-state index contributed by atoms with van der Waals surface area (Å²) < 4.78 is 30.3. The highest BCUT2D eigenvalue weighted by Gasteiger charge is 2.53. The molecule has 1 aliphatic carbocycles. The van der Waals surface area contributed by atoms with Gasteiger partial charge < -0.3 is 23.5 Å². The van der Waals surface area contributed by atoms with Gasteiger partial charge in [-0.1, -0.05) is 12.1 Å². The van der Waals surface area contributed by atoms with Crippen molar-refractivity contribution in [3.63, 3.8) is 0 Å². The second kappa shape index (κ2) is 6.23. The third kappa shape index (κ3) is 3.28. The second-order valence-electron chi connectivity index (χ2n) is 8.74. The fourth-order valence-corrected chi connectivity index (χ4v) is 3.29. The quantitative estimate of drug-likeness (QED) is 0.756. The Morgan fingerprint density at radius 1 is 1.00 bits per heavy atom. The van der Waals surface area contributed by atoms with E-state index >= 15 is 0 Å². The Balaban J connectivity index is 1.67. The Bertz CT molecular complexity index is 661. The van der Waals surface area contributed by atoms with Gasteiger partial charge in [-0.3, -0.25) is 0 Å². The number of hydrogen-bond acceptors (Lipinski definition) is 5. The molecule has 2 aliphatic heterocycles. The van der Waals surface area contributed by atoms with E-state index in [-0.39, 0.29) is 0 Å². The molecule has 0 N–H and O–H groups in total. The van der Waals surface area contributed by atoms with Crippen LogP contribution in [0.3, 0.4) is 0 Å². The van der Waals surface area contributed by atoms with E-state index in [1.807, 2.05) is 19.1 Å². The third-order valence-corrected chi connectivity index (χ3v) is 6.05. The van der Waals surface area contributed by atoms with Crippen LogP contribution in [0.5, 0.6) is 5.75 Å². The van der Waals surface area contributed by atoms with E-state index in [4.69, 9.17) is 23.5 Å². The molecule has 1 aromatic rings. The van der Waals surface area contributed by atoms with Gasteiger partial charge in [-0.05, 0) is 59.4 Å². The molecule has 2 saturated heterocycles. The summed E-state index contributed by atoms with van der Waals surface area (Å²) >= 11 is 0. The van der Waals surface area contributed by atoms with E-state index < -0.39 is 24.1 Å². The van der Waals surface area contributed by atoms with Crippen LogP contribution in [0.25, 0.3) is 0 Å². The van der Waals surface area contributed by atoms with Gasteiger partial charge in [-0.2, -0.15) is 0 Å². The van der Waals surface area contributed by atoms with Crippen molar-refractivity contribution in [1.29, 1.82) is 0 Å². The van der Waals surface area contributed by atoms with E-state index in [0.717, 1.165) is 23.4 Å². The van der Waals surface area contributed by atoms with Gasteiger partial charge in [0.05, 0.1) is 31.0 Å². The molecule has 3 aliphatic rings. The normalized spacial score (nSPS) is 26.3. The molecule has 6 heteroatoms. The fraction of sp³-hybridized carbons (Fsp3) is 0.700. The first kappa shape index (κ1) is 18.3. The molecule has 0 amide bonds. The maximum absolute atomic E-state index is 6.28. The lowest BCUT2D eigenvalue weighted by Gasteiger charge is -2.32. The molecule has 1 saturated carbocycles. The number of rotatable bonds is 5. The molecule has 0 unspecified atom stereocenters. The van der Waals surface area contributed by atoms with Gasteiger partial charge in [0.1, 0.15) is 5.75 Å². The summed E-state index contributed by atoms with van der Waals surface area (Å²) in [5.74, 6) is 0.772. The van der Waals surface area contributed by atoms with Gasteiger partial charge in [-0.15, -0.1) is 0 Å². The molecular weight excluding hydrogens is 331 g/mol. The molecule has 26 heavy (non-hydrogen) atoms. The maximum atomic E-state index is 6.28. The Labute approximate surface area is 156 Å². The molecule has 0 bridgehead atoms. The zero-order chi connectivity index (χ0) is 18.6. The summed E-state index contributed by atoms with van der Waals surface area (Å²) in [4.78, 5) is 0. The minimum Gasteiger partial charge on any atom is -0.494 e. The summed E-state index contributed by atoms with van der Waals surface area (Å²) in [7, 11) is -0.473. The van der Waals surface area contributed by atoms with Crippen molar-refractivity contribution in [2.45, 2.75) is 64.4 Å². The third-order valence-electron chi connectivity index (χ3n) is 6.05. The molecule has 1 aromatic carbocycles. The first-order valence-corrected chi connectivity index (χ1v) is 9.61. The van der Waals surface area contributed by atoms with E-state index in [1.165, 1.54) is 12.8 Å². The lowest BCUT2D eigenvalue weighted by molar-refractivity contribution is -0.149. The topological polar surface area (TPSA) is 46.2 Å². The SMILES string of the molecule is CC1(c2ccc(OCC3CC3)c(B3OC(C)(C)C(C)(C)O3)c2)OCCO1. The van der Waals surface area contributed by atoms with Crippen molar-refractivity contribution in [1.82, 2.24) is 0 Å². The Hall–Kier alpha value is -1.08. The predicted molar refractivity (Wildman–Crippen MR) is 99.6 cm³/mol. The van der Waals surface area contributed by atoms with E-state index in [1.54, 1.807) is 0 Å². The summed E-state index contributed by atoms with van der Waals surface area (Å²) in [6.45, 7) is 12.1. The van der Waals surface area contributed by atoms with Crippen LogP contribution in [0.4, 0.5) is 0 Å². The molecule has 3 fully saturated rings. The first-order valence-electron chi connectivity index (χ1n) is 9.61. The van der Waals surface area contributed by atoms with Gasteiger partial charge in [0.25, 0.3) is 0 Å². The Morgan fingerprint density at radius 3 is 2.19 bits per heavy atom. The van der Waals surface area contributed by atoms with E-state index in [0.29, 0.717) is 19.1 Å². The predicted octanol–water partition coefficient (Wildman–Crippen LogP) is 2.99. The van der Waals surface area contributed by atoms with Crippen LogP contribution in [0, 0.1) is 5.92 Å². The van der Waals surface area contributed by atoms with E-state index in [9.17, 15) is 0 Å². The molecular formula is C20H29BO5. The Kier molecular flexibility index (Phi) is 4.38. The summed E-state index contributed by atoms with van der Waals surface area (Å²) in [5.41, 5.74) is 1.07. The average molecular weight is 360 g/mol. The molecule has 2 heterocycles. The fourth-order valence-electron chi connectivity index (χ4n) is 3.29. The highest BCUT2D eigenvalue weighted by molar-refractivity contribution is 6.63. The van der Waals surface area contributed by atoms with Gasteiger partial charge >= 0.3 is 7.12 Å². The molecule has 142 valence electrons. The van der Waals surface area contributed by atoms with Crippen LogP contribution < -0.4 is 10.2 Å². The minimum atomic E-state index is -0.729. The van der Waals surface area contributed by atoms with Crippen molar-refractivity contribution in [3.8, 4) is 5.75 Å². The van der Waals surface area contributed by atoms with Gasteiger partial charge in [-0.25, -0.2) is 0 Å². The summed E-state index contributed by atoms with van der Waals surface area (Å²) in [6.07, 6.45) is 2.51. The largest absolute Gasteiger partial charge is 0.498 e. The highest BCUT2D eigenvalue weighted by Crippen LogP contribution is 2.38.